The van der Waals surface area contributed by atoms with Gasteiger partial charge in [0.1, 0.15) is 0 Å². The maximum absolute atomic E-state index is 8.24. The van der Waals surface area contributed by atoms with E-state index in [2.05, 4.69) is 20.6 Å². The zero-order valence-corrected chi connectivity index (χ0v) is 9.82. The van der Waals surface area contributed by atoms with Gasteiger partial charge >= 0.3 is 0 Å². The van der Waals surface area contributed by atoms with Crippen LogP contribution < -0.4 is 10.6 Å². The minimum absolute atomic E-state index is 0.0408. The Kier molecular flexibility index (Phi) is 5.22. The third-order valence-electron chi connectivity index (χ3n) is 1.90. The first-order valence-corrected chi connectivity index (χ1v) is 5.93. The summed E-state index contributed by atoms with van der Waals surface area (Å²) in [5, 5.41) is 20.5. The molecule has 0 bridgehead atoms. The summed E-state index contributed by atoms with van der Waals surface area (Å²) in [5.74, 6) is 1.76. The molecule has 0 amide bonds. The summed E-state index contributed by atoms with van der Waals surface area (Å²) in [7, 11) is 0. The zero-order chi connectivity index (χ0) is 11.8. The Balaban J connectivity index is 2.07. The first kappa shape index (κ1) is 12.4. The van der Waals surface area contributed by atoms with Crippen molar-refractivity contribution in [2.45, 2.75) is 12.7 Å². The lowest BCUT2D eigenvalue weighted by Crippen LogP contribution is -2.34. The molecule has 7 heteroatoms. The first-order chi connectivity index (χ1) is 7.74. The second-order valence-corrected chi connectivity index (χ2v) is 4.17. The Hall–Kier alpha value is -1.68. The normalized spacial score (nSPS) is 9.50. The number of hydrogen-bond acceptors (Lipinski definition) is 4. The Morgan fingerprint density at radius 2 is 2.56 bits per heavy atom. The van der Waals surface area contributed by atoms with E-state index in [4.69, 9.17) is 10.7 Å². The molecule has 0 saturated carbocycles. The van der Waals surface area contributed by atoms with Crippen LogP contribution in [0.25, 0.3) is 0 Å². The van der Waals surface area contributed by atoms with Crippen LogP contribution in [0.5, 0.6) is 0 Å². The van der Waals surface area contributed by atoms with Gasteiger partial charge in [-0.05, 0) is 6.92 Å². The number of guanidine groups is 1. The predicted octanol–water partition coefficient (Wildman–Crippen LogP) is 0.546. The summed E-state index contributed by atoms with van der Waals surface area (Å²) < 4.78 is 0. The molecule has 0 aromatic carbocycles. The Bertz CT molecular complexity index is 380. The van der Waals surface area contributed by atoms with Crippen LogP contribution in [-0.2, 0) is 5.75 Å². The minimum atomic E-state index is 0.0408. The van der Waals surface area contributed by atoms with E-state index in [1.165, 1.54) is 0 Å². The predicted molar refractivity (Wildman–Crippen MR) is 64.0 cm³/mol. The fourth-order valence-corrected chi connectivity index (χ4v) is 1.92. The Morgan fingerprint density at radius 1 is 1.75 bits per heavy atom. The lowest BCUT2D eigenvalue weighted by atomic mass is 10.4. The molecule has 0 aliphatic heterocycles. The quantitative estimate of drug-likeness (QED) is 0.197. The molecule has 4 N–H and O–H groups in total. The van der Waals surface area contributed by atoms with E-state index in [9.17, 15) is 0 Å². The molecule has 1 aromatic rings. The fourth-order valence-electron chi connectivity index (χ4n) is 1.05. The molecule has 0 aliphatic rings. The molecule has 16 heavy (non-hydrogen) atoms. The molecule has 1 aromatic heterocycles. The molecule has 0 aliphatic carbocycles. The van der Waals surface area contributed by atoms with Crippen LogP contribution in [0.4, 0.5) is 0 Å². The Morgan fingerprint density at radius 3 is 3.19 bits per heavy atom. The largest absolute Gasteiger partial charge is 0.355 e. The van der Waals surface area contributed by atoms with Crippen LogP contribution in [0, 0.1) is 23.8 Å². The van der Waals surface area contributed by atoms with Crippen molar-refractivity contribution < 1.29 is 0 Å². The van der Waals surface area contributed by atoms with Gasteiger partial charge in [0.15, 0.2) is 6.19 Å². The number of nitriles is 1. The lowest BCUT2D eigenvalue weighted by molar-refractivity contribution is 0.925. The van der Waals surface area contributed by atoms with Crippen molar-refractivity contribution in [2.75, 3.05) is 12.3 Å². The number of nitrogens with zero attached hydrogens (tertiary/aromatic N) is 2. The number of aromatic nitrogens is 2. The van der Waals surface area contributed by atoms with Gasteiger partial charge in [-0.3, -0.25) is 10.7 Å². The molecule has 86 valence electrons. The summed E-state index contributed by atoms with van der Waals surface area (Å²) in [5.41, 5.74) is 2.16. The molecule has 1 rings (SSSR count). The number of aromatic amines is 1. The van der Waals surface area contributed by atoms with E-state index >= 15 is 0 Å². The number of nitrogens with one attached hydrogen (secondary N) is 4. The van der Waals surface area contributed by atoms with Crippen LogP contribution in [0.3, 0.4) is 0 Å². The van der Waals surface area contributed by atoms with E-state index < -0.39 is 0 Å². The standard InChI is InChI=1S/C9H14N6S/c1-7-8(15-6-14-7)4-16-3-2-12-9(11)13-5-10/h6H,2-4H2,1H3,(H,14,15)(H3,11,12,13). The SMILES string of the molecule is Cc1[nH]cnc1CSCCNC(=N)NC#N. The summed E-state index contributed by atoms with van der Waals surface area (Å²) in [4.78, 5) is 7.21. The number of rotatable bonds is 5. The van der Waals surface area contributed by atoms with Crippen molar-refractivity contribution in [3.05, 3.63) is 17.7 Å². The maximum Gasteiger partial charge on any atom is 0.201 e. The van der Waals surface area contributed by atoms with Gasteiger partial charge in [0.2, 0.25) is 5.96 Å². The highest BCUT2D eigenvalue weighted by molar-refractivity contribution is 7.98. The van der Waals surface area contributed by atoms with Gasteiger partial charge in [-0.25, -0.2) is 4.98 Å². The van der Waals surface area contributed by atoms with Crippen LogP contribution in [0.15, 0.2) is 6.33 Å². The second kappa shape index (κ2) is 6.74. The number of hydrogen-bond donors (Lipinski definition) is 4. The monoisotopic (exact) mass is 238 g/mol. The van der Waals surface area contributed by atoms with E-state index in [1.807, 2.05) is 6.92 Å². The van der Waals surface area contributed by atoms with Crippen LogP contribution in [0.1, 0.15) is 11.4 Å². The molecule has 0 saturated heterocycles. The molecule has 0 atom stereocenters. The first-order valence-electron chi connectivity index (χ1n) is 4.78. The molecule has 0 spiro atoms. The minimum Gasteiger partial charge on any atom is -0.355 e. The van der Waals surface area contributed by atoms with Crippen molar-refractivity contribution in [3.63, 3.8) is 0 Å². The number of imidazole rings is 1. The third kappa shape index (κ3) is 4.23. The molecular weight excluding hydrogens is 224 g/mol. The van der Waals surface area contributed by atoms with Crippen LogP contribution in [-0.4, -0.2) is 28.2 Å². The van der Waals surface area contributed by atoms with Crippen molar-refractivity contribution in [2.24, 2.45) is 0 Å². The molecule has 6 nitrogen and oxygen atoms in total. The van der Waals surface area contributed by atoms with Crippen LogP contribution >= 0.6 is 11.8 Å². The molecular formula is C9H14N6S. The lowest BCUT2D eigenvalue weighted by Gasteiger charge is -2.04. The van der Waals surface area contributed by atoms with E-state index in [-0.39, 0.29) is 5.96 Å². The van der Waals surface area contributed by atoms with Crippen LogP contribution in [0.2, 0.25) is 0 Å². The molecule has 1 heterocycles. The van der Waals surface area contributed by atoms with E-state index in [0.29, 0.717) is 6.54 Å². The third-order valence-corrected chi connectivity index (χ3v) is 2.87. The highest BCUT2D eigenvalue weighted by Gasteiger charge is 2.00. The van der Waals surface area contributed by atoms with Gasteiger partial charge in [0.05, 0.1) is 12.0 Å². The summed E-state index contributed by atoms with van der Waals surface area (Å²) in [6.45, 7) is 2.65. The summed E-state index contributed by atoms with van der Waals surface area (Å²) >= 11 is 1.73. The van der Waals surface area contributed by atoms with Gasteiger partial charge in [-0.2, -0.15) is 17.0 Å². The van der Waals surface area contributed by atoms with Crippen molar-refractivity contribution in [1.82, 2.24) is 20.6 Å². The summed E-state index contributed by atoms with van der Waals surface area (Å²) in [6.07, 6.45) is 3.37. The van der Waals surface area contributed by atoms with Crippen molar-refractivity contribution in [1.29, 1.82) is 10.7 Å². The highest BCUT2D eigenvalue weighted by atomic mass is 32.2. The number of thioether (sulfide) groups is 1. The van der Waals surface area contributed by atoms with Crippen molar-refractivity contribution >= 4 is 17.7 Å². The zero-order valence-electron chi connectivity index (χ0n) is 9.00. The maximum atomic E-state index is 8.24. The fraction of sp³-hybridized carbons (Fsp3) is 0.444. The van der Waals surface area contributed by atoms with Gasteiger partial charge < -0.3 is 10.3 Å². The van der Waals surface area contributed by atoms with Gasteiger partial charge in [0, 0.05) is 23.7 Å². The molecule has 0 unspecified atom stereocenters. The summed E-state index contributed by atoms with van der Waals surface area (Å²) in [6, 6.07) is 0. The average Bonchev–Trinajstić information content (AvgIpc) is 2.64. The van der Waals surface area contributed by atoms with Crippen molar-refractivity contribution in [3.8, 4) is 6.19 Å². The number of H-pyrrole nitrogens is 1. The Labute approximate surface area is 98.4 Å². The highest BCUT2D eigenvalue weighted by Crippen LogP contribution is 2.11. The van der Waals surface area contributed by atoms with Gasteiger partial charge in [-0.15, -0.1) is 0 Å². The topological polar surface area (TPSA) is 100 Å². The smallest absolute Gasteiger partial charge is 0.201 e. The van der Waals surface area contributed by atoms with Gasteiger partial charge in [0.25, 0.3) is 0 Å². The van der Waals surface area contributed by atoms with E-state index in [0.717, 1.165) is 22.9 Å². The molecule has 0 fully saturated rings. The van der Waals surface area contributed by atoms with E-state index in [1.54, 1.807) is 24.3 Å². The molecule has 0 radical (unpaired) electrons. The van der Waals surface area contributed by atoms with Gasteiger partial charge in [-0.1, -0.05) is 0 Å². The average molecular weight is 238 g/mol. The second-order valence-electron chi connectivity index (χ2n) is 3.07. The number of aryl methyl sites for hydroxylation is 1.